The van der Waals surface area contributed by atoms with Gasteiger partial charge in [0.25, 0.3) is 0 Å². The Hall–Kier alpha value is -1.14. The number of amides is 2. The number of rotatable bonds is 5. The standard InChI is InChI=1S/C16H29N3O3/c1-12(2)11-13(17-15(20)14-5-4-10-22-14)16(21)19-8-6-18(3)7-9-19/h12-14H,4-11H2,1-3H3,(H,17,20)/t13-,14?/m0/s1. The number of likely N-dealkylation sites (N-methyl/N-ethyl adjacent to an activating group) is 1. The van der Waals surface area contributed by atoms with Crippen LogP contribution in [0, 0.1) is 5.92 Å². The van der Waals surface area contributed by atoms with Crippen LogP contribution < -0.4 is 5.32 Å². The summed E-state index contributed by atoms with van der Waals surface area (Å²) in [6, 6.07) is -0.430. The van der Waals surface area contributed by atoms with Crippen LogP contribution in [0.4, 0.5) is 0 Å². The molecule has 0 radical (unpaired) electrons. The molecule has 22 heavy (non-hydrogen) atoms. The summed E-state index contributed by atoms with van der Waals surface area (Å²) in [7, 11) is 2.06. The van der Waals surface area contributed by atoms with Gasteiger partial charge in [-0.2, -0.15) is 0 Å². The summed E-state index contributed by atoms with van der Waals surface area (Å²) < 4.78 is 5.42. The molecule has 2 atom stereocenters. The molecule has 0 aromatic heterocycles. The minimum atomic E-state index is -0.430. The largest absolute Gasteiger partial charge is 0.368 e. The van der Waals surface area contributed by atoms with E-state index in [0.717, 1.165) is 39.0 Å². The van der Waals surface area contributed by atoms with Crippen molar-refractivity contribution in [1.82, 2.24) is 15.1 Å². The van der Waals surface area contributed by atoms with Crippen LogP contribution in [0.1, 0.15) is 33.1 Å². The van der Waals surface area contributed by atoms with E-state index in [9.17, 15) is 9.59 Å². The van der Waals surface area contributed by atoms with Crippen molar-refractivity contribution in [3.8, 4) is 0 Å². The summed E-state index contributed by atoms with van der Waals surface area (Å²) in [5.41, 5.74) is 0. The van der Waals surface area contributed by atoms with Crippen LogP contribution in [0.25, 0.3) is 0 Å². The van der Waals surface area contributed by atoms with Gasteiger partial charge in [-0.3, -0.25) is 9.59 Å². The highest BCUT2D eigenvalue weighted by Gasteiger charge is 2.31. The highest BCUT2D eigenvalue weighted by molar-refractivity contribution is 5.89. The van der Waals surface area contributed by atoms with E-state index in [2.05, 4.69) is 31.1 Å². The SMILES string of the molecule is CC(C)C[C@H](NC(=O)C1CCCO1)C(=O)N1CCN(C)CC1. The third-order valence-electron chi connectivity index (χ3n) is 4.36. The molecule has 126 valence electrons. The minimum Gasteiger partial charge on any atom is -0.368 e. The second-order valence-electron chi connectivity index (χ2n) is 6.82. The van der Waals surface area contributed by atoms with Crippen molar-refractivity contribution < 1.29 is 14.3 Å². The fourth-order valence-corrected chi connectivity index (χ4v) is 2.99. The van der Waals surface area contributed by atoms with Gasteiger partial charge in [-0.15, -0.1) is 0 Å². The molecule has 6 heteroatoms. The molecule has 2 aliphatic rings. The third kappa shape index (κ3) is 4.68. The van der Waals surface area contributed by atoms with E-state index in [0.29, 0.717) is 18.9 Å². The van der Waals surface area contributed by atoms with Gasteiger partial charge in [0, 0.05) is 32.8 Å². The van der Waals surface area contributed by atoms with Gasteiger partial charge in [0.15, 0.2) is 0 Å². The quantitative estimate of drug-likeness (QED) is 0.802. The smallest absolute Gasteiger partial charge is 0.249 e. The molecule has 2 heterocycles. The lowest BCUT2D eigenvalue weighted by molar-refractivity contribution is -0.140. The van der Waals surface area contributed by atoms with E-state index in [1.165, 1.54) is 0 Å². The second kappa shape index (κ2) is 7.92. The number of hydrogen-bond donors (Lipinski definition) is 1. The summed E-state index contributed by atoms with van der Waals surface area (Å²) in [5.74, 6) is 0.269. The highest BCUT2D eigenvalue weighted by atomic mass is 16.5. The van der Waals surface area contributed by atoms with Crippen molar-refractivity contribution in [3.63, 3.8) is 0 Å². The Kier molecular flexibility index (Phi) is 6.20. The van der Waals surface area contributed by atoms with Crippen LogP contribution in [0.2, 0.25) is 0 Å². The zero-order valence-electron chi connectivity index (χ0n) is 14.0. The Morgan fingerprint density at radius 3 is 2.45 bits per heavy atom. The molecule has 0 aromatic carbocycles. The number of carbonyl (C=O) groups is 2. The average Bonchev–Trinajstić information content (AvgIpc) is 3.00. The van der Waals surface area contributed by atoms with E-state index in [-0.39, 0.29) is 17.9 Å². The molecule has 0 saturated carbocycles. The van der Waals surface area contributed by atoms with Crippen molar-refractivity contribution in [1.29, 1.82) is 0 Å². The van der Waals surface area contributed by atoms with E-state index in [4.69, 9.17) is 4.74 Å². The maximum absolute atomic E-state index is 12.7. The van der Waals surface area contributed by atoms with Crippen molar-refractivity contribution in [2.45, 2.75) is 45.3 Å². The molecule has 0 spiro atoms. The Balaban J connectivity index is 1.95. The number of nitrogens with one attached hydrogen (secondary N) is 1. The Bertz CT molecular complexity index is 386. The molecule has 6 nitrogen and oxygen atoms in total. The van der Waals surface area contributed by atoms with Crippen molar-refractivity contribution in [2.75, 3.05) is 39.8 Å². The van der Waals surface area contributed by atoms with Gasteiger partial charge in [-0.05, 0) is 32.2 Å². The summed E-state index contributed by atoms with van der Waals surface area (Å²) in [4.78, 5) is 29.1. The van der Waals surface area contributed by atoms with Crippen molar-refractivity contribution >= 4 is 11.8 Å². The molecule has 0 aromatic rings. The molecule has 1 unspecified atom stereocenters. The molecule has 2 rings (SSSR count). The second-order valence-corrected chi connectivity index (χ2v) is 6.82. The number of piperazine rings is 1. The first-order valence-corrected chi connectivity index (χ1v) is 8.36. The number of nitrogens with zero attached hydrogens (tertiary/aromatic N) is 2. The van der Waals surface area contributed by atoms with Gasteiger partial charge >= 0.3 is 0 Å². The van der Waals surface area contributed by atoms with Crippen LogP contribution in [-0.2, 0) is 14.3 Å². The lowest BCUT2D eigenvalue weighted by atomic mass is 10.0. The van der Waals surface area contributed by atoms with Gasteiger partial charge in [0.2, 0.25) is 11.8 Å². The molecule has 2 saturated heterocycles. The molecule has 2 fully saturated rings. The maximum Gasteiger partial charge on any atom is 0.249 e. The predicted octanol–water partition coefficient (Wildman–Crippen LogP) is 0.470. The first kappa shape index (κ1) is 17.2. The Morgan fingerprint density at radius 2 is 1.91 bits per heavy atom. The molecule has 2 aliphatic heterocycles. The van der Waals surface area contributed by atoms with E-state index >= 15 is 0 Å². The zero-order chi connectivity index (χ0) is 16.1. The molecule has 0 aliphatic carbocycles. The average molecular weight is 311 g/mol. The fourth-order valence-electron chi connectivity index (χ4n) is 2.99. The van der Waals surface area contributed by atoms with Crippen molar-refractivity contribution in [2.24, 2.45) is 5.92 Å². The fraction of sp³-hybridized carbons (Fsp3) is 0.875. The summed E-state index contributed by atoms with van der Waals surface area (Å²) in [6.07, 6.45) is 1.96. The minimum absolute atomic E-state index is 0.0492. The molecule has 1 N–H and O–H groups in total. The Morgan fingerprint density at radius 1 is 1.23 bits per heavy atom. The summed E-state index contributed by atoms with van der Waals surface area (Å²) in [5, 5.41) is 2.93. The molecular weight excluding hydrogens is 282 g/mol. The van der Waals surface area contributed by atoms with Crippen LogP contribution in [0.15, 0.2) is 0 Å². The van der Waals surface area contributed by atoms with Gasteiger partial charge in [-0.25, -0.2) is 0 Å². The molecule has 2 amide bonds. The maximum atomic E-state index is 12.7. The van der Waals surface area contributed by atoms with Gasteiger partial charge in [-0.1, -0.05) is 13.8 Å². The topological polar surface area (TPSA) is 61.9 Å². The highest BCUT2D eigenvalue weighted by Crippen LogP contribution is 2.14. The van der Waals surface area contributed by atoms with Crippen LogP contribution >= 0.6 is 0 Å². The first-order valence-electron chi connectivity index (χ1n) is 8.36. The first-order chi connectivity index (χ1) is 10.5. The normalized spacial score (nSPS) is 24.5. The van der Waals surface area contributed by atoms with E-state index < -0.39 is 6.04 Å². The number of hydrogen-bond acceptors (Lipinski definition) is 4. The summed E-state index contributed by atoms with van der Waals surface area (Å²) in [6.45, 7) is 8.03. The van der Waals surface area contributed by atoms with E-state index in [1.54, 1.807) is 0 Å². The van der Waals surface area contributed by atoms with Crippen LogP contribution in [0.5, 0.6) is 0 Å². The predicted molar refractivity (Wildman–Crippen MR) is 84.4 cm³/mol. The zero-order valence-corrected chi connectivity index (χ0v) is 14.0. The monoisotopic (exact) mass is 311 g/mol. The Labute approximate surface area is 133 Å². The van der Waals surface area contributed by atoms with Gasteiger partial charge < -0.3 is 19.9 Å². The van der Waals surface area contributed by atoms with Gasteiger partial charge in [0.1, 0.15) is 12.1 Å². The molecular formula is C16H29N3O3. The van der Waals surface area contributed by atoms with E-state index in [1.807, 2.05) is 4.90 Å². The lowest BCUT2D eigenvalue weighted by Crippen LogP contribution is -2.55. The molecule has 0 bridgehead atoms. The van der Waals surface area contributed by atoms with Crippen LogP contribution in [-0.4, -0.2) is 73.6 Å². The summed E-state index contributed by atoms with van der Waals surface area (Å²) >= 11 is 0. The lowest BCUT2D eigenvalue weighted by Gasteiger charge is -2.35. The van der Waals surface area contributed by atoms with Crippen molar-refractivity contribution in [3.05, 3.63) is 0 Å². The number of carbonyl (C=O) groups excluding carboxylic acids is 2. The number of ether oxygens (including phenoxy) is 1. The van der Waals surface area contributed by atoms with Gasteiger partial charge in [0.05, 0.1) is 0 Å². The van der Waals surface area contributed by atoms with Crippen LogP contribution in [0.3, 0.4) is 0 Å². The third-order valence-corrected chi connectivity index (χ3v) is 4.36.